The maximum atomic E-state index is 10.8. The van der Waals surface area contributed by atoms with Crippen LogP contribution < -0.4 is 0 Å². The van der Waals surface area contributed by atoms with E-state index in [1.165, 1.54) is 0 Å². The third kappa shape index (κ3) is 3.75. The first kappa shape index (κ1) is 5.75. The largest absolute Gasteiger partial charge is 0.644 e. The van der Waals surface area contributed by atoms with Gasteiger partial charge in [-0.25, -0.2) is 12.3 Å². The molecule has 0 bridgehead atoms. The van der Waals surface area contributed by atoms with Gasteiger partial charge in [0.1, 0.15) is 0 Å². The average Bonchev–Trinajstić information content (AvgIpc) is 1.35. The molecule has 36 valence electrons. The fourth-order valence-corrected chi connectivity index (χ4v) is 0. The van der Waals surface area contributed by atoms with E-state index < -0.39 is 9.08 Å². The molecule has 0 amide bonds. The summed E-state index contributed by atoms with van der Waals surface area (Å²) in [5.74, 6) is 0. The lowest BCUT2D eigenvalue weighted by Gasteiger charge is -1.85. The van der Waals surface area contributed by atoms with Crippen LogP contribution in [0.5, 0.6) is 0 Å². The summed E-state index contributed by atoms with van der Waals surface area (Å²) >= 11 is 0. The highest BCUT2D eigenvalue weighted by molar-refractivity contribution is 6.64. The topological polar surface area (TPSA) is 0 Å². The summed E-state index contributed by atoms with van der Waals surface area (Å²) in [6.45, 7) is 2.57. The Hall–Kier alpha value is -0.253. The van der Waals surface area contributed by atoms with Crippen molar-refractivity contribution in [3.63, 3.8) is 0 Å². The van der Waals surface area contributed by atoms with E-state index >= 15 is 0 Å². The van der Waals surface area contributed by atoms with Crippen LogP contribution in [0.15, 0.2) is 12.3 Å². The molecule has 0 unspecified atom stereocenters. The molecule has 0 N–H and O–H groups in total. The van der Waals surface area contributed by atoms with E-state index in [9.17, 15) is 12.3 Å². The number of hydrogen-bond donors (Lipinski definition) is 0. The van der Waals surface area contributed by atoms with Crippen molar-refractivity contribution in [1.82, 2.24) is 0 Å². The van der Waals surface area contributed by atoms with Crippen LogP contribution in [0, 0.1) is 0 Å². The average molecular weight is 112 g/mol. The maximum Gasteiger partial charge on any atom is 0.644 e. The Bertz CT molecular complexity index is 54.3. The summed E-state index contributed by atoms with van der Waals surface area (Å²) in [6, 6.07) is 0. The van der Waals surface area contributed by atoms with Crippen molar-refractivity contribution < 1.29 is 12.3 Å². The summed E-state index contributed by atoms with van der Waals surface area (Å²) in [4.78, 5) is 0. The van der Waals surface area contributed by atoms with Crippen LogP contribution in [0.25, 0.3) is 0 Å². The van der Waals surface area contributed by atoms with Crippen molar-refractivity contribution in [2.75, 3.05) is 0 Å². The first-order valence-corrected chi connectivity index (χ1v) is 2.98. The zero-order valence-corrected chi connectivity index (χ0v) is 3.92. The lowest BCUT2D eigenvalue weighted by Crippen LogP contribution is -2.08. The molecule has 0 rings (SSSR count). The third-order valence-electron chi connectivity index (χ3n) is 0.231. The zero-order chi connectivity index (χ0) is 5.21. The molecule has 0 aromatic heterocycles. The van der Waals surface area contributed by atoms with Crippen LogP contribution in [-0.4, -0.2) is 9.08 Å². The molecule has 0 saturated heterocycles. The van der Waals surface area contributed by atoms with Crippen molar-refractivity contribution >= 4 is 9.08 Å². The van der Waals surface area contributed by atoms with E-state index in [2.05, 4.69) is 6.58 Å². The Kier molecular flexibility index (Phi) is 1.40. The highest BCUT2D eigenvalue weighted by Crippen LogP contribution is 2.06. The predicted molar refractivity (Wildman–Crippen MR) is 19.3 cm³/mol. The van der Waals surface area contributed by atoms with E-state index in [0.717, 1.165) is 0 Å². The molecule has 0 radical (unpaired) electrons. The highest BCUT2D eigenvalue weighted by Gasteiger charge is 2.30. The molecule has 0 nitrogen and oxygen atoms in total. The quantitative estimate of drug-likeness (QED) is 0.356. The molecule has 0 fully saturated rings. The van der Waals surface area contributed by atoms with Crippen molar-refractivity contribution in [3.8, 4) is 0 Å². The fourth-order valence-electron chi connectivity index (χ4n) is 0. The van der Waals surface area contributed by atoms with E-state index in [0.29, 0.717) is 0 Å². The van der Waals surface area contributed by atoms with Crippen LogP contribution in [0.2, 0.25) is 0 Å². The van der Waals surface area contributed by atoms with Gasteiger partial charge in [0.05, 0.1) is 0 Å². The van der Waals surface area contributed by atoms with Gasteiger partial charge in [0.25, 0.3) is 0 Å². The van der Waals surface area contributed by atoms with Crippen molar-refractivity contribution in [3.05, 3.63) is 12.3 Å². The minimum absolute atomic E-state index is 0.0764. The number of rotatable bonds is 1. The van der Waals surface area contributed by atoms with Gasteiger partial charge in [-0.2, -0.15) is 0 Å². The van der Waals surface area contributed by atoms with Gasteiger partial charge in [0.15, 0.2) is 0 Å². The van der Waals surface area contributed by atoms with E-state index in [-0.39, 0.29) is 5.70 Å². The van der Waals surface area contributed by atoms with Gasteiger partial charge in [-0.05, 0) is 5.70 Å². The van der Waals surface area contributed by atoms with Gasteiger partial charge in [-0.1, -0.05) is 6.58 Å². The van der Waals surface area contributed by atoms with Crippen LogP contribution in [-0.2, 0) is 0 Å². The zero-order valence-electron chi connectivity index (χ0n) is 2.92. The van der Waals surface area contributed by atoms with Crippen molar-refractivity contribution in [1.29, 1.82) is 0 Å². The van der Waals surface area contributed by atoms with Gasteiger partial charge in [-0.3, -0.25) is 0 Å². The molecule has 0 aliphatic rings. The molecule has 6 heavy (non-hydrogen) atoms. The lowest BCUT2D eigenvalue weighted by atomic mass is 11.3. The molecule has 4 heteroatoms. The Morgan fingerprint density at radius 3 is 1.50 bits per heavy atom. The summed E-state index contributed by atoms with van der Waals surface area (Å²) in [7, 11) is -5.37. The van der Waals surface area contributed by atoms with E-state index in [1.807, 2.05) is 0 Å². The molecule has 0 aromatic carbocycles. The first-order valence-electron chi connectivity index (χ1n) is 1.26. The van der Waals surface area contributed by atoms with Crippen LogP contribution >= 0.6 is 0 Å². The smallest absolute Gasteiger partial charge is 0.234 e. The molecule has 0 heterocycles. The van der Waals surface area contributed by atoms with Crippen LogP contribution in [0.1, 0.15) is 0 Å². The van der Waals surface area contributed by atoms with Gasteiger partial charge in [-0.15, -0.1) is 0 Å². The lowest BCUT2D eigenvalue weighted by molar-refractivity contribution is 0.499. The van der Waals surface area contributed by atoms with E-state index in [4.69, 9.17) is 0 Å². The van der Waals surface area contributed by atoms with E-state index in [1.54, 1.807) is 0 Å². The van der Waals surface area contributed by atoms with Crippen LogP contribution in [0.3, 0.4) is 0 Å². The first-order chi connectivity index (χ1) is 2.56. The minimum atomic E-state index is -5.37. The Balaban J connectivity index is 3.45. The third-order valence-corrected chi connectivity index (χ3v) is 0.694. The SMILES string of the molecule is C=C[Si](F)(F)F. The molecule has 0 aliphatic carbocycles. The molecule has 0 spiro atoms. The number of hydrogen-bond acceptors (Lipinski definition) is 0. The van der Waals surface area contributed by atoms with Crippen molar-refractivity contribution in [2.45, 2.75) is 0 Å². The van der Waals surface area contributed by atoms with Gasteiger partial charge >= 0.3 is 9.08 Å². The van der Waals surface area contributed by atoms with Gasteiger partial charge in [0, 0.05) is 0 Å². The molecule has 0 atom stereocenters. The highest BCUT2D eigenvalue weighted by atomic mass is 28.5. The molecule has 0 saturated carbocycles. The predicted octanol–water partition coefficient (Wildman–Crippen LogP) is 1.56. The Labute approximate surface area is 34.8 Å². The molecule has 0 aromatic rings. The monoisotopic (exact) mass is 112 g/mol. The second-order valence-electron chi connectivity index (χ2n) is 0.746. The Morgan fingerprint density at radius 1 is 1.33 bits per heavy atom. The van der Waals surface area contributed by atoms with Gasteiger partial charge in [0.2, 0.25) is 0 Å². The number of halogens is 3. The van der Waals surface area contributed by atoms with Gasteiger partial charge < -0.3 is 0 Å². The Morgan fingerprint density at radius 2 is 1.50 bits per heavy atom. The summed E-state index contributed by atoms with van der Waals surface area (Å²) in [6.07, 6.45) is 0. The second kappa shape index (κ2) is 1.46. The van der Waals surface area contributed by atoms with Crippen LogP contribution in [0.4, 0.5) is 12.3 Å². The minimum Gasteiger partial charge on any atom is -0.234 e. The maximum absolute atomic E-state index is 10.8. The summed E-state index contributed by atoms with van der Waals surface area (Å²) in [5, 5.41) is 0. The van der Waals surface area contributed by atoms with Crippen molar-refractivity contribution in [2.24, 2.45) is 0 Å². The molecular formula is C2H3F3Si. The molecular weight excluding hydrogens is 109 g/mol. The summed E-state index contributed by atoms with van der Waals surface area (Å²) < 4.78 is 32.4. The summed E-state index contributed by atoms with van der Waals surface area (Å²) in [5.41, 5.74) is 0.0764. The second-order valence-corrected chi connectivity index (χ2v) is 2.24. The molecule has 0 aliphatic heterocycles. The fraction of sp³-hybridized carbons (Fsp3) is 0. The standard InChI is InChI=1S/C2H3F3Si/c1-2-6(3,4)5/h2H,1H2. The normalized spacial score (nSPS) is 11.2.